The first-order chi connectivity index (χ1) is 10.1. The van der Waals surface area contributed by atoms with E-state index in [1.54, 1.807) is 24.4 Å². The first kappa shape index (κ1) is 13.1. The molecule has 0 radical (unpaired) electrons. The van der Waals surface area contributed by atoms with Gasteiger partial charge in [-0.3, -0.25) is 9.78 Å². The van der Waals surface area contributed by atoms with Gasteiger partial charge in [0, 0.05) is 17.3 Å². The maximum atomic E-state index is 11.4. The van der Waals surface area contributed by atoms with Crippen LogP contribution >= 0.6 is 0 Å². The fraction of sp³-hybridized carbons (Fsp3) is 0.0714. The van der Waals surface area contributed by atoms with Crippen molar-refractivity contribution in [3.05, 3.63) is 52.1 Å². The molecule has 2 heterocycles. The van der Waals surface area contributed by atoms with Crippen molar-refractivity contribution < 1.29 is 9.90 Å². The minimum Gasteiger partial charge on any atom is -0.392 e. The summed E-state index contributed by atoms with van der Waals surface area (Å²) >= 11 is 0. The molecular formula is C14H12N4O3. The number of nitrogens with zero attached hydrogens (tertiary/aromatic N) is 1. The lowest BCUT2D eigenvalue weighted by Crippen LogP contribution is -2.11. The average molecular weight is 284 g/mol. The maximum absolute atomic E-state index is 11.4. The molecule has 7 heteroatoms. The van der Waals surface area contributed by atoms with Gasteiger partial charge in [-0.15, -0.1) is 0 Å². The van der Waals surface area contributed by atoms with Crippen LogP contribution in [0.4, 0.5) is 0 Å². The molecule has 0 fully saturated rings. The van der Waals surface area contributed by atoms with Gasteiger partial charge in [-0.25, -0.2) is 9.78 Å². The summed E-state index contributed by atoms with van der Waals surface area (Å²) in [6, 6.07) is 6.53. The SMILES string of the molecule is NC(=O)c1ccc(-c2ccnc3[nH]c(=O)[nH]c23)c(CO)c1. The summed E-state index contributed by atoms with van der Waals surface area (Å²) in [5.74, 6) is -0.564. The fourth-order valence-corrected chi connectivity index (χ4v) is 2.30. The number of hydrogen-bond acceptors (Lipinski definition) is 4. The van der Waals surface area contributed by atoms with Crippen molar-refractivity contribution in [2.24, 2.45) is 5.73 Å². The smallest absolute Gasteiger partial charge is 0.325 e. The number of hydrogen-bond donors (Lipinski definition) is 4. The lowest BCUT2D eigenvalue weighted by molar-refractivity contribution is 0.1000. The van der Waals surface area contributed by atoms with E-state index in [0.29, 0.717) is 33.4 Å². The monoisotopic (exact) mass is 284 g/mol. The average Bonchev–Trinajstić information content (AvgIpc) is 2.86. The highest BCUT2D eigenvalue weighted by molar-refractivity contribution is 5.95. The van der Waals surface area contributed by atoms with E-state index in [9.17, 15) is 14.7 Å². The van der Waals surface area contributed by atoms with Crippen LogP contribution in [0.2, 0.25) is 0 Å². The quantitative estimate of drug-likeness (QED) is 0.559. The first-order valence-corrected chi connectivity index (χ1v) is 6.21. The van der Waals surface area contributed by atoms with Crippen LogP contribution in [0.3, 0.4) is 0 Å². The second kappa shape index (κ2) is 4.88. The standard InChI is InChI=1S/C14H12N4O3/c15-12(20)7-1-2-9(8(5-7)6-19)10-3-4-16-13-11(10)17-14(21)18-13/h1-5,19H,6H2,(H2,15,20)(H2,16,17,18,21). The molecule has 0 saturated heterocycles. The second-order valence-corrected chi connectivity index (χ2v) is 4.56. The van der Waals surface area contributed by atoms with Crippen LogP contribution in [-0.4, -0.2) is 26.0 Å². The van der Waals surface area contributed by atoms with Crippen LogP contribution in [0.1, 0.15) is 15.9 Å². The van der Waals surface area contributed by atoms with E-state index in [-0.39, 0.29) is 12.3 Å². The molecule has 0 aliphatic carbocycles. The first-order valence-electron chi connectivity index (χ1n) is 6.21. The zero-order valence-corrected chi connectivity index (χ0v) is 10.9. The Morgan fingerprint density at radius 3 is 2.76 bits per heavy atom. The van der Waals surface area contributed by atoms with E-state index in [2.05, 4.69) is 15.0 Å². The Morgan fingerprint density at radius 2 is 2.05 bits per heavy atom. The Kier molecular flexibility index (Phi) is 3.03. The molecule has 7 nitrogen and oxygen atoms in total. The molecule has 0 spiro atoms. The third-order valence-corrected chi connectivity index (χ3v) is 3.27. The molecule has 0 atom stereocenters. The molecule has 0 saturated carbocycles. The summed E-state index contributed by atoms with van der Waals surface area (Å²) in [6.07, 6.45) is 1.56. The van der Waals surface area contributed by atoms with Gasteiger partial charge in [0.2, 0.25) is 5.91 Å². The molecule has 3 rings (SSSR count). The van der Waals surface area contributed by atoms with Crippen molar-refractivity contribution in [3.8, 4) is 11.1 Å². The third kappa shape index (κ3) is 2.19. The largest absolute Gasteiger partial charge is 0.392 e. The predicted octanol–water partition coefficient (Wildman–Crippen LogP) is 0.509. The Bertz CT molecular complexity index is 895. The zero-order valence-electron chi connectivity index (χ0n) is 10.9. The molecule has 0 aliphatic rings. The van der Waals surface area contributed by atoms with Gasteiger partial charge in [0.05, 0.1) is 12.1 Å². The Morgan fingerprint density at radius 1 is 1.24 bits per heavy atom. The number of benzene rings is 1. The van der Waals surface area contributed by atoms with Gasteiger partial charge in [-0.05, 0) is 29.3 Å². The summed E-state index contributed by atoms with van der Waals surface area (Å²) in [4.78, 5) is 31.9. The van der Waals surface area contributed by atoms with E-state index in [1.165, 1.54) is 6.07 Å². The van der Waals surface area contributed by atoms with Crippen LogP contribution in [0.25, 0.3) is 22.3 Å². The number of fused-ring (bicyclic) bond motifs is 1. The number of nitrogens with one attached hydrogen (secondary N) is 2. The van der Waals surface area contributed by atoms with Gasteiger partial charge in [-0.2, -0.15) is 0 Å². The van der Waals surface area contributed by atoms with Crippen molar-refractivity contribution in [1.82, 2.24) is 15.0 Å². The molecular weight excluding hydrogens is 272 g/mol. The van der Waals surface area contributed by atoms with Crippen LogP contribution in [0.5, 0.6) is 0 Å². The van der Waals surface area contributed by atoms with E-state index in [0.717, 1.165) is 0 Å². The molecule has 0 aliphatic heterocycles. The summed E-state index contributed by atoms with van der Waals surface area (Å²) < 4.78 is 0. The summed E-state index contributed by atoms with van der Waals surface area (Å²) in [5.41, 5.74) is 8.12. The molecule has 0 unspecified atom stereocenters. The van der Waals surface area contributed by atoms with Gasteiger partial charge in [0.25, 0.3) is 0 Å². The molecule has 2 aromatic heterocycles. The van der Waals surface area contributed by atoms with Crippen molar-refractivity contribution in [1.29, 1.82) is 0 Å². The third-order valence-electron chi connectivity index (χ3n) is 3.27. The Labute approximate surface area is 118 Å². The van der Waals surface area contributed by atoms with E-state index >= 15 is 0 Å². The highest BCUT2D eigenvalue weighted by Gasteiger charge is 2.13. The molecule has 1 amide bonds. The van der Waals surface area contributed by atoms with E-state index < -0.39 is 5.91 Å². The van der Waals surface area contributed by atoms with Gasteiger partial charge in [-0.1, -0.05) is 6.07 Å². The van der Waals surface area contributed by atoms with Crippen LogP contribution in [-0.2, 0) is 6.61 Å². The lowest BCUT2D eigenvalue weighted by Gasteiger charge is -2.09. The van der Waals surface area contributed by atoms with Crippen molar-refractivity contribution in [2.75, 3.05) is 0 Å². The van der Waals surface area contributed by atoms with Crippen molar-refractivity contribution in [3.63, 3.8) is 0 Å². The van der Waals surface area contributed by atoms with Crippen molar-refractivity contribution in [2.45, 2.75) is 6.61 Å². The minimum atomic E-state index is -0.564. The molecule has 106 valence electrons. The number of imidazole rings is 1. The molecule has 21 heavy (non-hydrogen) atoms. The van der Waals surface area contributed by atoms with Gasteiger partial charge in [0.1, 0.15) is 0 Å². The summed E-state index contributed by atoms with van der Waals surface area (Å²) in [7, 11) is 0. The zero-order chi connectivity index (χ0) is 15.0. The number of rotatable bonds is 3. The highest BCUT2D eigenvalue weighted by atomic mass is 16.3. The number of aliphatic hydroxyl groups excluding tert-OH is 1. The molecule has 3 aromatic rings. The molecule has 0 bridgehead atoms. The lowest BCUT2D eigenvalue weighted by atomic mass is 9.97. The number of amides is 1. The maximum Gasteiger partial charge on any atom is 0.325 e. The molecule has 5 N–H and O–H groups in total. The number of aromatic nitrogens is 3. The number of aromatic amines is 2. The van der Waals surface area contributed by atoms with Crippen LogP contribution in [0.15, 0.2) is 35.3 Å². The Hall–Kier alpha value is -2.93. The van der Waals surface area contributed by atoms with Gasteiger partial charge in [0.15, 0.2) is 5.65 Å². The van der Waals surface area contributed by atoms with Crippen molar-refractivity contribution >= 4 is 17.1 Å². The number of carbonyl (C=O) groups excluding carboxylic acids is 1. The number of nitrogens with two attached hydrogens (primary N) is 1. The number of pyridine rings is 1. The normalized spacial score (nSPS) is 10.9. The predicted molar refractivity (Wildman–Crippen MR) is 76.6 cm³/mol. The fourth-order valence-electron chi connectivity index (χ4n) is 2.30. The van der Waals surface area contributed by atoms with Crippen LogP contribution in [0, 0.1) is 0 Å². The van der Waals surface area contributed by atoms with Gasteiger partial charge < -0.3 is 15.8 Å². The van der Waals surface area contributed by atoms with E-state index in [4.69, 9.17) is 5.73 Å². The highest BCUT2D eigenvalue weighted by Crippen LogP contribution is 2.28. The number of primary amides is 1. The topological polar surface area (TPSA) is 125 Å². The number of H-pyrrole nitrogens is 2. The summed E-state index contributed by atoms with van der Waals surface area (Å²) in [5, 5.41) is 9.52. The number of aliphatic hydroxyl groups is 1. The van der Waals surface area contributed by atoms with Crippen LogP contribution < -0.4 is 11.4 Å². The van der Waals surface area contributed by atoms with Gasteiger partial charge >= 0.3 is 5.69 Å². The minimum absolute atomic E-state index is 0.255. The Balaban J connectivity index is 2.27. The number of carbonyl (C=O) groups is 1. The van der Waals surface area contributed by atoms with E-state index in [1.807, 2.05) is 0 Å². The summed E-state index contributed by atoms with van der Waals surface area (Å²) in [6.45, 7) is -0.255. The molecule has 1 aromatic carbocycles. The second-order valence-electron chi connectivity index (χ2n) is 4.56.